The molecule has 0 radical (unpaired) electrons. The number of aliphatic hydroxyl groups excluding tert-OH is 1. The molecular formula is C17H19N7O. The second-order valence-electron chi connectivity index (χ2n) is 6.09. The highest BCUT2D eigenvalue weighted by atomic mass is 16.3. The van der Waals surface area contributed by atoms with E-state index in [1.807, 2.05) is 12.1 Å². The lowest BCUT2D eigenvalue weighted by molar-refractivity contribution is 0.189. The molecule has 3 heterocycles. The highest BCUT2D eigenvalue weighted by molar-refractivity contribution is 5.59. The van der Waals surface area contributed by atoms with Gasteiger partial charge >= 0.3 is 0 Å². The third-order valence-corrected chi connectivity index (χ3v) is 4.20. The SMILES string of the molecule is C[C@H](O)c1n[nH]c(CNc2nc(-c3cccnc3)nc3c2CCC3)n1. The molecule has 1 aliphatic rings. The Bertz CT molecular complexity index is 876. The van der Waals surface area contributed by atoms with Crippen LogP contribution in [0.25, 0.3) is 11.4 Å². The molecular weight excluding hydrogens is 318 g/mol. The first-order valence-electron chi connectivity index (χ1n) is 8.34. The molecule has 0 aliphatic heterocycles. The maximum atomic E-state index is 9.52. The van der Waals surface area contributed by atoms with Crippen LogP contribution >= 0.6 is 0 Å². The van der Waals surface area contributed by atoms with Crippen molar-refractivity contribution in [2.24, 2.45) is 0 Å². The number of aromatic amines is 1. The normalized spacial score (nSPS) is 14.3. The molecule has 4 rings (SSSR count). The molecule has 25 heavy (non-hydrogen) atoms. The molecule has 0 aromatic carbocycles. The molecule has 1 atom stereocenters. The lowest BCUT2D eigenvalue weighted by atomic mass is 10.2. The predicted molar refractivity (Wildman–Crippen MR) is 91.6 cm³/mol. The molecule has 3 N–H and O–H groups in total. The maximum Gasteiger partial charge on any atom is 0.178 e. The fourth-order valence-electron chi connectivity index (χ4n) is 2.95. The monoisotopic (exact) mass is 337 g/mol. The quantitative estimate of drug-likeness (QED) is 0.651. The number of rotatable bonds is 5. The highest BCUT2D eigenvalue weighted by Gasteiger charge is 2.20. The van der Waals surface area contributed by atoms with Gasteiger partial charge < -0.3 is 10.4 Å². The summed E-state index contributed by atoms with van der Waals surface area (Å²) in [6.45, 7) is 2.09. The molecule has 0 fully saturated rings. The van der Waals surface area contributed by atoms with Crippen LogP contribution in [0, 0.1) is 0 Å². The van der Waals surface area contributed by atoms with Gasteiger partial charge in [0.25, 0.3) is 0 Å². The maximum absolute atomic E-state index is 9.52. The molecule has 1 aliphatic carbocycles. The van der Waals surface area contributed by atoms with Crippen LogP contribution in [0.2, 0.25) is 0 Å². The van der Waals surface area contributed by atoms with E-state index in [-0.39, 0.29) is 0 Å². The molecule has 0 saturated carbocycles. The number of aromatic nitrogens is 6. The smallest absolute Gasteiger partial charge is 0.178 e. The molecule has 0 spiro atoms. The molecule has 3 aromatic rings. The van der Waals surface area contributed by atoms with Crippen molar-refractivity contribution >= 4 is 5.82 Å². The van der Waals surface area contributed by atoms with E-state index in [9.17, 15) is 5.11 Å². The lowest BCUT2D eigenvalue weighted by Crippen LogP contribution is -2.08. The van der Waals surface area contributed by atoms with Crippen molar-refractivity contribution in [3.05, 3.63) is 47.4 Å². The van der Waals surface area contributed by atoms with Crippen LogP contribution in [-0.4, -0.2) is 35.2 Å². The van der Waals surface area contributed by atoms with Crippen LogP contribution in [0.3, 0.4) is 0 Å². The van der Waals surface area contributed by atoms with Crippen LogP contribution in [0.4, 0.5) is 5.82 Å². The molecule has 0 saturated heterocycles. The van der Waals surface area contributed by atoms with Crippen LogP contribution in [0.1, 0.15) is 42.4 Å². The van der Waals surface area contributed by atoms with Crippen molar-refractivity contribution in [3.8, 4) is 11.4 Å². The minimum Gasteiger partial charge on any atom is -0.385 e. The van der Waals surface area contributed by atoms with Gasteiger partial charge in [0.1, 0.15) is 17.7 Å². The number of nitrogens with zero attached hydrogens (tertiary/aromatic N) is 5. The number of hydrogen-bond donors (Lipinski definition) is 3. The molecule has 3 aromatic heterocycles. The Hall–Kier alpha value is -2.87. The number of aryl methyl sites for hydroxylation is 1. The van der Waals surface area contributed by atoms with Gasteiger partial charge in [-0.1, -0.05) is 0 Å². The summed E-state index contributed by atoms with van der Waals surface area (Å²) in [5, 5.41) is 19.7. The Morgan fingerprint density at radius 1 is 1.28 bits per heavy atom. The van der Waals surface area contributed by atoms with Gasteiger partial charge in [-0.3, -0.25) is 10.1 Å². The number of pyridine rings is 1. The highest BCUT2D eigenvalue weighted by Crippen LogP contribution is 2.29. The summed E-state index contributed by atoms with van der Waals surface area (Å²) in [5.74, 6) is 2.56. The van der Waals surface area contributed by atoms with Crippen LogP contribution in [0.5, 0.6) is 0 Å². The third kappa shape index (κ3) is 3.20. The molecule has 0 unspecified atom stereocenters. The zero-order chi connectivity index (χ0) is 17.2. The van der Waals surface area contributed by atoms with E-state index in [0.717, 1.165) is 36.3 Å². The van der Waals surface area contributed by atoms with Gasteiger partial charge in [0.05, 0.1) is 6.54 Å². The van der Waals surface area contributed by atoms with Gasteiger partial charge in [-0.25, -0.2) is 15.0 Å². The summed E-state index contributed by atoms with van der Waals surface area (Å²) in [5.41, 5.74) is 3.16. The standard InChI is InChI=1S/C17H19N7O/c1-10(25)15-21-14(23-24-15)9-19-17-12-5-2-6-13(12)20-16(22-17)11-4-3-7-18-8-11/h3-4,7-8,10,25H,2,5-6,9H2,1H3,(H,19,20,22)(H,21,23,24)/t10-/m0/s1. The van der Waals surface area contributed by atoms with E-state index in [1.54, 1.807) is 19.3 Å². The molecule has 0 amide bonds. The minimum atomic E-state index is -0.689. The van der Waals surface area contributed by atoms with Gasteiger partial charge in [0.2, 0.25) is 0 Å². The number of nitrogens with one attached hydrogen (secondary N) is 2. The second-order valence-corrected chi connectivity index (χ2v) is 6.09. The Balaban J connectivity index is 1.61. The van der Waals surface area contributed by atoms with Crippen LogP contribution in [0.15, 0.2) is 24.5 Å². The summed E-state index contributed by atoms with van der Waals surface area (Å²) < 4.78 is 0. The van der Waals surface area contributed by atoms with Crippen molar-refractivity contribution < 1.29 is 5.11 Å². The first kappa shape index (κ1) is 15.6. The minimum absolute atomic E-state index is 0.390. The van der Waals surface area contributed by atoms with Crippen molar-refractivity contribution in [2.75, 3.05) is 5.32 Å². The Labute approximate surface area is 144 Å². The van der Waals surface area contributed by atoms with E-state index in [2.05, 4.69) is 25.5 Å². The Morgan fingerprint density at radius 2 is 2.20 bits per heavy atom. The van der Waals surface area contributed by atoms with Crippen molar-refractivity contribution in [1.29, 1.82) is 0 Å². The fraction of sp³-hybridized carbons (Fsp3) is 0.353. The zero-order valence-corrected chi connectivity index (χ0v) is 13.9. The fourth-order valence-corrected chi connectivity index (χ4v) is 2.95. The van der Waals surface area contributed by atoms with Crippen LogP contribution in [-0.2, 0) is 19.4 Å². The summed E-state index contributed by atoms with van der Waals surface area (Å²) in [4.78, 5) is 17.8. The molecule has 0 bridgehead atoms. The average Bonchev–Trinajstić information content (AvgIpc) is 3.29. The Morgan fingerprint density at radius 3 is 2.96 bits per heavy atom. The first-order chi connectivity index (χ1) is 12.2. The number of hydrogen-bond acceptors (Lipinski definition) is 7. The zero-order valence-electron chi connectivity index (χ0n) is 13.9. The van der Waals surface area contributed by atoms with Gasteiger partial charge in [-0.2, -0.15) is 5.10 Å². The number of fused-ring (bicyclic) bond motifs is 1. The van der Waals surface area contributed by atoms with Crippen molar-refractivity contribution in [1.82, 2.24) is 30.1 Å². The average molecular weight is 337 g/mol. The Kier molecular flexibility index (Phi) is 4.10. The lowest BCUT2D eigenvalue weighted by Gasteiger charge is -2.11. The van der Waals surface area contributed by atoms with Crippen LogP contribution < -0.4 is 5.32 Å². The van der Waals surface area contributed by atoms with E-state index < -0.39 is 6.10 Å². The van der Waals surface area contributed by atoms with Gasteiger partial charge in [-0.15, -0.1) is 0 Å². The van der Waals surface area contributed by atoms with E-state index >= 15 is 0 Å². The summed E-state index contributed by atoms with van der Waals surface area (Å²) in [6.07, 6.45) is 5.84. The summed E-state index contributed by atoms with van der Waals surface area (Å²) in [6, 6.07) is 3.84. The summed E-state index contributed by atoms with van der Waals surface area (Å²) in [7, 11) is 0. The molecule has 8 heteroatoms. The van der Waals surface area contributed by atoms with Gasteiger partial charge in [0.15, 0.2) is 11.6 Å². The van der Waals surface area contributed by atoms with Gasteiger partial charge in [0, 0.05) is 29.2 Å². The second kappa shape index (κ2) is 6.56. The largest absolute Gasteiger partial charge is 0.385 e. The topological polar surface area (TPSA) is 113 Å². The third-order valence-electron chi connectivity index (χ3n) is 4.20. The predicted octanol–water partition coefficient (Wildman–Crippen LogP) is 1.81. The number of anilines is 1. The number of H-pyrrole nitrogens is 1. The number of aliphatic hydroxyl groups is 1. The summed E-state index contributed by atoms with van der Waals surface area (Å²) >= 11 is 0. The molecule has 8 nitrogen and oxygen atoms in total. The van der Waals surface area contributed by atoms with Crippen molar-refractivity contribution in [2.45, 2.75) is 38.8 Å². The van der Waals surface area contributed by atoms with E-state index in [1.165, 1.54) is 5.56 Å². The van der Waals surface area contributed by atoms with E-state index in [4.69, 9.17) is 9.97 Å². The molecule has 128 valence electrons. The van der Waals surface area contributed by atoms with Crippen molar-refractivity contribution in [3.63, 3.8) is 0 Å². The van der Waals surface area contributed by atoms with E-state index in [0.29, 0.717) is 24.0 Å². The van der Waals surface area contributed by atoms with Gasteiger partial charge in [-0.05, 0) is 38.3 Å². The first-order valence-corrected chi connectivity index (χ1v) is 8.34.